The minimum Gasteiger partial charge on any atom is -0.335 e. The number of hydrogen-bond donors (Lipinski definition) is 1. The van der Waals surface area contributed by atoms with Crippen molar-refractivity contribution in [3.05, 3.63) is 58.4 Å². The molecule has 0 fully saturated rings. The topological polar surface area (TPSA) is 44.3 Å². The molecule has 0 saturated heterocycles. The largest absolute Gasteiger partial charge is 0.335 e. The lowest BCUT2D eigenvalue weighted by Gasteiger charge is -2.19. The quantitative estimate of drug-likeness (QED) is 0.389. The maximum atomic E-state index is 13.3. The number of fused-ring (bicyclic) bond motifs is 5. The standard InChI is InChI=1S/C27H36N4O/c1-5-29(6-2)16-15-20-13-14-21-23(19-20)28-27(32)26-25(21)22-11-9-10-12-24(22)31(26)18-17-30(7-3)8-4/h9-14,19H,5-8,15-18H2,1-4H3,(H,28,32). The van der Waals surface area contributed by atoms with Crippen molar-refractivity contribution in [2.75, 3.05) is 39.3 Å². The molecule has 2 aromatic carbocycles. The van der Waals surface area contributed by atoms with Crippen LogP contribution in [0, 0.1) is 0 Å². The van der Waals surface area contributed by atoms with Crippen molar-refractivity contribution in [3.63, 3.8) is 0 Å². The van der Waals surface area contributed by atoms with E-state index in [2.05, 4.69) is 89.5 Å². The average Bonchev–Trinajstić information content (AvgIpc) is 3.15. The number of nitrogens with one attached hydrogen (secondary N) is 1. The van der Waals surface area contributed by atoms with Gasteiger partial charge in [-0.25, -0.2) is 0 Å². The summed E-state index contributed by atoms with van der Waals surface area (Å²) in [5.41, 5.74) is 4.14. The van der Waals surface area contributed by atoms with Gasteiger partial charge in [-0.2, -0.15) is 0 Å². The molecule has 170 valence electrons. The highest BCUT2D eigenvalue weighted by molar-refractivity contribution is 6.19. The molecule has 0 amide bonds. The Kier molecular flexibility index (Phi) is 6.97. The van der Waals surface area contributed by atoms with Gasteiger partial charge in [-0.05, 0) is 50.3 Å². The molecule has 4 aromatic rings. The lowest BCUT2D eigenvalue weighted by molar-refractivity contribution is 0.293. The van der Waals surface area contributed by atoms with E-state index < -0.39 is 0 Å². The fourth-order valence-corrected chi connectivity index (χ4v) is 4.90. The van der Waals surface area contributed by atoms with E-state index in [0.717, 1.165) is 84.9 Å². The minimum absolute atomic E-state index is 0.00383. The molecule has 0 aliphatic heterocycles. The highest BCUT2D eigenvalue weighted by Gasteiger charge is 2.17. The Morgan fingerprint density at radius 1 is 0.844 bits per heavy atom. The number of benzene rings is 2. The van der Waals surface area contributed by atoms with Crippen molar-refractivity contribution >= 4 is 32.7 Å². The number of para-hydroxylation sites is 1. The summed E-state index contributed by atoms with van der Waals surface area (Å²) >= 11 is 0. The fraction of sp³-hybridized carbons (Fsp3) is 0.444. The molecule has 0 saturated carbocycles. The average molecular weight is 433 g/mol. The molecule has 0 aliphatic carbocycles. The predicted molar refractivity (Wildman–Crippen MR) is 137 cm³/mol. The highest BCUT2D eigenvalue weighted by atomic mass is 16.1. The molecule has 0 radical (unpaired) electrons. The van der Waals surface area contributed by atoms with E-state index in [1.54, 1.807) is 0 Å². The Morgan fingerprint density at radius 2 is 1.53 bits per heavy atom. The van der Waals surface area contributed by atoms with Crippen molar-refractivity contribution in [1.29, 1.82) is 0 Å². The van der Waals surface area contributed by atoms with Crippen molar-refractivity contribution in [3.8, 4) is 0 Å². The summed E-state index contributed by atoms with van der Waals surface area (Å²) in [4.78, 5) is 21.4. The number of likely N-dealkylation sites (N-methyl/N-ethyl adjacent to an activating group) is 2. The second kappa shape index (κ2) is 9.88. The summed E-state index contributed by atoms with van der Waals surface area (Å²) in [6.45, 7) is 15.7. The number of pyridine rings is 1. The van der Waals surface area contributed by atoms with Crippen molar-refractivity contribution < 1.29 is 0 Å². The van der Waals surface area contributed by atoms with E-state index in [-0.39, 0.29) is 5.56 Å². The molecule has 0 aliphatic rings. The van der Waals surface area contributed by atoms with Gasteiger partial charge < -0.3 is 19.4 Å². The van der Waals surface area contributed by atoms with Crippen molar-refractivity contribution in [2.24, 2.45) is 0 Å². The number of aromatic amines is 1. The highest BCUT2D eigenvalue weighted by Crippen LogP contribution is 2.32. The third kappa shape index (κ3) is 4.19. The second-order valence-corrected chi connectivity index (χ2v) is 8.53. The van der Waals surface area contributed by atoms with Crippen LogP contribution in [0.3, 0.4) is 0 Å². The van der Waals surface area contributed by atoms with Crippen LogP contribution in [0.4, 0.5) is 0 Å². The van der Waals surface area contributed by atoms with Crippen molar-refractivity contribution in [1.82, 2.24) is 19.4 Å². The first-order valence-electron chi connectivity index (χ1n) is 12.1. The Balaban J connectivity index is 1.83. The third-order valence-electron chi connectivity index (χ3n) is 6.93. The van der Waals surface area contributed by atoms with E-state index in [0.29, 0.717) is 0 Å². The maximum absolute atomic E-state index is 13.3. The molecule has 0 unspecified atom stereocenters. The van der Waals surface area contributed by atoms with E-state index in [4.69, 9.17) is 0 Å². The summed E-state index contributed by atoms with van der Waals surface area (Å²) < 4.78 is 2.22. The normalized spacial score (nSPS) is 12.2. The zero-order chi connectivity index (χ0) is 22.7. The lowest BCUT2D eigenvalue weighted by Crippen LogP contribution is -2.27. The molecule has 0 spiro atoms. The fourth-order valence-electron chi connectivity index (χ4n) is 4.90. The molecule has 32 heavy (non-hydrogen) atoms. The van der Waals surface area contributed by atoms with E-state index in [1.807, 2.05) is 0 Å². The van der Waals surface area contributed by atoms with Gasteiger partial charge in [0.25, 0.3) is 5.56 Å². The number of nitrogens with zero attached hydrogens (tertiary/aromatic N) is 3. The monoisotopic (exact) mass is 432 g/mol. The van der Waals surface area contributed by atoms with Gasteiger partial charge in [0.15, 0.2) is 0 Å². The van der Waals surface area contributed by atoms with Gasteiger partial charge in [0, 0.05) is 46.8 Å². The molecule has 4 rings (SSSR count). The summed E-state index contributed by atoms with van der Waals surface area (Å²) in [5.74, 6) is 0. The first-order chi connectivity index (χ1) is 15.6. The molecule has 0 bridgehead atoms. The van der Waals surface area contributed by atoms with Gasteiger partial charge in [-0.15, -0.1) is 0 Å². The van der Waals surface area contributed by atoms with Crippen LogP contribution < -0.4 is 5.56 Å². The Hall–Kier alpha value is -2.63. The van der Waals surface area contributed by atoms with Crippen LogP contribution in [-0.4, -0.2) is 58.6 Å². The number of aromatic nitrogens is 2. The SMILES string of the molecule is CCN(CC)CCc1ccc2c(c1)[nH]c(=O)c1c2c2ccccc2n1CCN(CC)CC. The Bertz CT molecular complexity index is 1260. The molecule has 2 aromatic heterocycles. The molecule has 5 nitrogen and oxygen atoms in total. The van der Waals surface area contributed by atoms with Gasteiger partial charge >= 0.3 is 0 Å². The molecule has 2 heterocycles. The third-order valence-corrected chi connectivity index (χ3v) is 6.93. The molecular weight excluding hydrogens is 396 g/mol. The lowest BCUT2D eigenvalue weighted by atomic mass is 10.0. The molecule has 0 atom stereocenters. The zero-order valence-electron chi connectivity index (χ0n) is 19.9. The van der Waals surface area contributed by atoms with Crippen LogP contribution in [0.2, 0.25) is 0 Å². The molecular formula is C27H36N4O. The minimum atomic E-state index is 0.00383. The summed E-state index contributed by atoms with van der Waals surface area (Å²) in [6.07, 6.45) is 0.989. The van der Waals surface area contributed by atoms with Gasteiger partial charge in [-0.3, -0.25) is 4.79 Å². The first kappa shape index (κ1) is 22.6. The predicted octanol–water partition coefficient (Wildman–Crippen LogP) is 4.86. The summed E-state index contributed by atoms with van der Waals surface area (Å²) in [5, 5.41) is 3.37. The van der Waals surface area contributed by atoms with E-state index in [1.165, 1.54) is 5.56 Å². The number of H-pyrrole nitrogens is 1. The summed E-state index contributed by atoms with van der Waals surface area (Å²) in [6, 6.07) is 15.0. The van der Waals surface area contributed by atoms with Crippen molar-refractivity contribution in [2.45, 2.75) is 40.7 Å². The van der Waals surface area contributed by atoms with Crippen LogP contribution in [0.5, 0.6) is 0 Å². The van der Waals surface area contributed by atoms with Crippen LogP contribution in [0.15, 0.2) is 47.3 Å². The van der Waals surface area contributed by atoms with Crippen LogP contribution in [0.1, 0.15) is 33.3 Å². The molecule has 5 heteroatoms. The summed E-state index contributed by atoms with van der Waals surface area (Å²) in [7, 11) is 0. The molecule has 1 N–H and O–H groups in total. The number of rotatable bonds is 10. The Labute approximate surface area is 190 Å². The first-order valence-corrected chi connectivity index (χ1v) is 12.1. The van der Waals surface area contributed by atoms with Gasteiger partial charge in [0.05, 0.1) is 0 Å². The zero-order valence-corrected chi connectivity index (χ0v) is 19.9. The maximum Gasteiger partial charge on any atom is 0.272 e. The smallest absolute Gasteiger partial charge is 0.272 e. The van der Waals surface area contributed by atoms with E-state index in [9.17, 15) is 4.79 Å². The van der Waals surface area contributed by atoms with Crippen LogP contribution >= 0.6 is 0 Å². The van der Waals surface area contributed by atoms with Crippen LogP contribution in [-0.2, 0) is 13.0 Å². The Morgan fingerprint density at radius 3 is 2.25 bits per heavy atom. The van der Waals surface area contributed by atoms with Gasteiger partial charge in [0.1, 0.15) is 5.52 Å². The van der Waals surface area contributed by atoms with Crippen LogP contribution in [0.25, 0.3) is 32.7 Å². The van der Waals surface area contributed by atoms with Gasteiger partial charge in [0.2, 0.25) is 0 Å². The second-order valence-electron chi connectivity index (χ2n) is 8.53. The van der Waals surface area contributed by atoms with E-state index >= 15 is 0 Å². The van der Waals surface area contributed by atoms with Gasteiger partial charge in [-0.1, -0.05) is 58.0 Å². The number of hydrogen-bond acceptors (Lipinski definition) is 3.